The van der Waals surface area contributed by atoms with Gasteiger partial charge in [-0.1, -0.05) is 30.3 Å². The van der Waals surface area contributed by atoms with Crippen molar-refractivity contribution in [3.05, 3.63) is 81.8 Å². The van der Waals surface area contributed by atoms with Crippen LogP contribution in [0.25, 0.3) is 16.5 Å². The molecule has 2 aromatic rings. The SMILES string of the molecule is [C-]#[N+]/C(C#N)=C1/C(=C/c2ccc(N(CCCO)CCCO)cc2C)CS(=O)(=O)c2ccccc21. The van der Waals surface area contributed by atoms with Gasteiger partial charge < -0.3 is 15.1 Å². The van der Waals surface area contributed by atoms with Crippen molar-refractivity contribution < 1.29 is 18.6 Å². The van der Waals surface area contributed by atoms with Crippen LogP contribution in [0.2, 0.25) is 0 Å². The van der Waals surface area contributed by atoms with Gasteiger partial charge in [0, 0.05) is 37.6 Å². The van der Waals surface area contributed by atoms with Crippen LogP contribution >= 0.6 is 0 Å². The molecule has 0 saturated carbocycles. The van der Waals surface area contributed by atoms with E-state index in [9.17, 15) is 23.9 Å². The van der Waals surface area contributed by atoms with Gasteiger partial charge >= 0.3 is 0 Å². The van der Waals surface area contributed by atoms with E-state index in [1.165, 1.54) is 6.07 Å². The van der Waals surface area contributed by atoms with E-state index in [2.05, 4.69) is 9.74 Å². The number of aliphatic hydroxyl groups excluding tert-OH is 2. The number of anilines is 1. The third-order valence-corrected chi connectivity index (χ3v) is 7.45. The van der Waals surface area contributed by atoms with E-state index in [0.717, 1.165) is 16.8 Å². The van der Waals surface area contributed by atoms with Gasteiger partial charge in [0.15, 0.2) is 9.84 Å². The molecule has 0 atom stereocenters. The van der Waals surface area contributed by atoms with Gasteiger partial charge in [-0.2, -0.15) is 0 Å². The summed E-state index contributed by atoms with van der Waals surface area (Å²) in [5, 5.41) is 28.0. The molecule has 3 rings (SSSR count). The number of aliphatic hydroxyl groups is 2. The molecule has 0 spiro atoms. The number of nitriles is 1. The van der Waals surface area contributed by atoms with Gasteiger partial charge in [0.25, 0.3) is 5.70 Å². The van der Waals surface area contributed by atoms with Crippen LogP contribution in [0.3, 0.4) is 0 Å². The molecule has 8 heteroatoms. The zero-order valence-electron chi connectivity index (χ0n) is 19.0. The van der Waals surface area contributed by atoms with Crippen molar-refractivity contribution in [3.63, 3.8) is 0 Å². The standard InChI is InChI=1S/C26H27N3O4S/c1-19-15-22(29(11-5-13-30)12-6-14-31)10-9-20(19)16-21-18-34(32,33)25-8-4-3-7-23(25)26(21)24(17-27)28-2/h3-4,7-10,15-16,30-31H,5-6,11-14,18H2,1H3/b21-16+,26-24-. The number of rotatable bonds is 8. The van der Waals surface area contributed by atoms with Crippen LogP contribution in [0.15, 0.2) is 58.6 Å². The quantitative estimate of drug-likeness (QED) is 0.445. The summed E-state index contributed by atoms with van der Waals surface area (Å²) in [6.45, 7) is 10.8. The van der Waals surface area contributed by atoms with Gasteiger partial charge in [-0.15, -0.1) is 0 Å². The van der Waals surface area contributed by atoms with Crippen LogP contribution < -0.4 is 4.90 Å². The predicted molar refractivity (Wildman–Crippen MR) is 132 cm³/mol. The smallest absolute Gasteiger partial charge is 0.269 e. The molecule has 0 aromatic heterocycles. The van der Waals surface area contributed by atoms with E-state index < -0.39 is 9.84 Å². The Labute approximate surface area is 200 Å². The van der Waals surface area contributed by atoms with Crippen molar-refractivity contribution in [2.75, 3.05) is 37.0 Å². The van der Waals surface area contributed by atoms with E-state index in [1.54, 1.807) is 24.3 Å². The lowest BCUT2D eigenvalue weighted by Crippen LogP contribution is -2.27. The highest BCUT2D eigenvalue weighted by Crippen LogP contribution is 2.40. The van der Waals surface area contributed by atoms with Crippen molar-refractivity contribution in [1.29, 1.82) is 5.26 Å². The van der Waals surface area contributed by atoms with E-state index in [1.807, 2.05) is 31.2 Å². The zero-order valence-corrected chi connectivity index (χ0v) is 19.8. The first kappa shape index (κ1) is 25.2. The number of hydrogen-bond acceptors (Lipinski definition) is 6. The summed E-state index contributed by atoms with van der Waals surface area (Å²) in [7, 11) is -3.62. The number of fused-ring (bicyclic) bond motifs is 1. The Morgan fingerprint density at radius 1 is 1.18 bits per heavy atom. The van der Waals surface area contributed by atoms with Crippen molar-refractivity contribution >= 4 is 27.2 Å². The Kier molecular flexibility index (Phi) is 8.25. The number of sulfone groups is 1. The van der Waals surface area contributed by atoms with Crippen LogP contribution in [-0.2, 0) is 9.84 Å². The van der Waals surface area contributed by atoms with Gasteiger partial charge in [0.2, 0.25) is 0 Å². The molecule has 0 fully saturated rings. The Balaban J connectivity index is 2.10. The molecule has 176 valence electrons. The van der Waals surface area contributed by atoms with Crippen molar-refractivity contribution in [1.82, 2.24) is 0 Å². The monoisotopic (exact) mass is 477 g/mol. The molecule has 1 heterocycles. The van der Waals surface area contributed by atoms with Gasteiger partial charge in [-0.25, -0.2) is 18.5 Å². The molecular weight excluding hydrogens is 450 g/mol. The predicted octanol–water partition coefficient (Wildman–Crippen LogP) is 3.59. The van der Waals surface area contributed by atoms with Crippen LogP contribution in [0.4, 0.5) is 5.69 Å². The highest BCUT2D eigenvalue weighted by Gasteiger charge is 2.32. The second-order valence-electron chi connectivity index (χ2n) is 8.05. The number of aryl methyl sites for hydroxylation is 1. The lowest BCUT2D eigenvalue weighted by Gasteiger charge is -2.26. The summed E-state index contributed by atoms with van der Waals surface area (Å²) in [5.74, 6) is -0.291. The molecule has 7 nitrogen and oxygen atoms in total. The lowest BCUT2D eigenvalue weighted by atomic mass is 9.93. The minimum atomic E-state index is -3.62. The topological polar surface area (TPSA) is 106 Å². The van der Waals surface area contributed by atoms with Gasteiger partial charge in [0.05, 0.1) is 23.3 Å². The van der Waals surface area contributed by atoms with Crippen LogP contribution in [0, 0.1) is 24.8 Å². The Hall–Kier alpha value is -3.43. The molecule has 1 aliphatic heterocycles. The largest absolute Gasteiger partial charge is 0.396 e. The fourth-order valence-electron chi connectivity index (χ4n) is 4.10. The number of hydrogen-bond donors (Lipinski definition) is 2. The van der Waals surface area contributed by atoms with E-state index in [0.29, 0.717) is 42.6 Å². The Morgan fingerprint density at radius 2 is 1.85 bits per heavy atom. The highest BCUT2D eigenvalue weighted by molar-refractivity contribution is 7.91. The molecular formula is C26H27N3O4S. The maximum absolute atomic E-state index is 13.0. The third-order valence-electron chi connectivity index (χ3n) is 5.73. The Morgan fingerprint density at radius 3 is 2.44 bits per heavy atom. The molecule has 34 heavy (non-hydrogen) atoms. The maximum Gasteiger partial charge on any atom is 0.269 e. The first-order valence-electron chi connectivity index (χ1n) is 11.0. The van der Waals surface area contributed by atoms with Gasteiger partial charge in [0.1, 0.15) is 0 Å². The molecule has 0 amide bonds. The molecule has 2 aromatic carbocycles. The van der Waals surface area contributed by atoms with E-state index >= 15 is 0 Å². The zero-order chi connectivity index (χ0) is 24.7. The first-order valence-corrected chi connectivity index (χ1v) is 12.6. The number of nitrogens with zero attached hydrogens (tertiary/aromatic N) is 3. The molecule has 0 saturated heterocycles. The maximum atomic E-state index is 13.0. The minimum absolute atomic E-state index is 0.0755. The second kappa shape index (κ2) is 11.1. The third kappa shape index (κ3) is 5.37. The minimum Gasteiger partial charge on any atom is -0.396 e. The molecule has 0 radical (unpaired) electrons. The highest BCUT2D eigenvalue weighted by atomic mass is 32.2. The molecule has 1 aliphatic rings. The summed E-state index contributed by atoms with van der Waals surface area (Å²) >= 11 is 0. The summed E-state index contributed by atoms with van der Waals surface area (Å²) < 4.78 is 26.0. The van der Waals surface area contributed by atoms with Crippen molar-refractivity contribution in [2.24, 2.45) is 0 Å². The van der Waals surface area contributed by atoms with Crippen LogP contribution in [0.5, 0.6) is 0 Å². The van der Waals surface area contributed by atoms with Gasteiger partial charge in [-0.05, 0) is 60.2 Å². The molecule has 0 bridgehead atoms. The fourth-order valence-corrected chi connectivity index (χ4v) is 5.69. The van der Waals surface area contributed by atoms with Crippen LogP contribution in [0.1, 0.15) is 29.5 Å². The number of benzene rings is 2. The summed E-state index contributed by atoms with van der Waals surface area (Å²) in [6.07, 6.45) is 2.96. The van der Waals surface area contributed by atoms with Crippen molar-refractivity contribution in [2.45, 2.75) is 24.7 Å². The van der Waals surface area contributed by atoms with Crippen molar-refractivity contribution in [3.8, 4) is 6.07 Å². The Bertz CT molecular complexity index is 1290. The summed E-state index contributed by atoms with van der Waals surface area (Å²) in [6, 6.07) is 14.2. The lowest BCUT2D eigenvalue weighted by molar-refractivity contribution is 0.282. The molecule has 2 N–H and O–H groups in total. The van der Waals surface area contributed by atoms with E-state index in [4.69, 9.17) is 6.57 Å². The number of allylic oxidation sites excluding steroid dienone is 2. The molecule has 0 unspecified atom stereocenters. The van der Waals surface area contributed by atoms with Crippen LogP contribution in [-0.4, -0.2) is 50.7 Å². The average Bonchev–Trinajstić information content (AvgIpc) is 2.83. The fraction of sp³-hybridized carbons (Fsp3) is 0.308. The summed E-state index contributed by atoms with van der Waals surface area (Å²) in [4.78, 5) is 5.60. The second-order valence-corrected chi connectivity index (χ2v) is 10.0. The van der Waals surface area contributed by atoms with Gasteiger partial charge in [-0.3, -0.25) is 0 Å². The van der Waals surface area contributed by atoms with E-state index in [-0.39, 0.29) is 29.6 Å². The average molecular weight is 478 g/mol. The first-order chi connectivity index (χ1) is 16.4. The normalized spacial score (nSPS) is 16.9. The molecule has 0 aliphatic carbocycles. The summed E-state index contributed by atoms with van der Waals surface area (Å²) in [5.41, 5.74) is 3.65.